The lowest BCUT2D eigenvalue weighted by molar-refractivity contribution is -0.137. The second kappa shape index (κ2) is 12.6. The fourth-order valence-electron chi connectivity index (χ4n) is 3.91. The van der Waals surface area contributed by atoms with E-state index in [1.54, 1.807) is 63.2 Å². The van der Waals surface area contributed by atoms with Crippen molar-refractivity contribution in [3.8, 4) is 16.9 Å². The van der Waals surface area contributed by atoms with Gasteiger partial charge in [0.2, 0.25) is 0 Å². The highest BCUT2D eigenvalue weighted by atomic mass is 32.1. The smallest absolute Gasteiger partial charge is 0.416 e. The highest BCUT2D eigenvalue weighted by Gasteiger charge is 2.30. The third kappa shape index (κ3) is 8.56. The summed E-state index contributed by atoms with van der Waals surface area (Å²) < 4.78 is 50.0. The molecule has 11 heteroatoms. The Morgan fingerprint density at radius 1 is 0.929 bits per heavy atom. The molecule has 0 bridgehead atoms. The summed E-state index contributed by atoms with van der Waals surface area (Å²) in [5, 5.41) is 7.72. The number of thiazole rings is 1. The Kier molecular flexibility index (Phi) is 9.20. The van der Waals surface area contributed by atoms with Crippen molar-refractivity contribution in [3.63, 3.8) is 0 Å². The van der Waals surface area contributed by atoms with E-state index >= 15 is 0 Å². The molecule has 1 aromatic heterocycles. The number of ether oxygens (including phenoxy) is 2. The number of aryl methyl sites for hydroxylation is 1. The molecule has 0 aliphatic carbocycles. The van der Waals surface area contributed by atoms with Crippen molar-refractivity contribution < 1.29 is 32.2 Å². The minimum atomic E-state index is -4.44. The molecule has 0 radical (unpaired) electrons. The van der Waals surface area contributed by atoms with Gasteiger partial charge in [-0.15, -0.1) is 11.3 Å². The van der Waals surface area contributed by atoms with Crippen molar-refractivity contribution in [1.29, 1.82) is 0 Å². The zero-order chi connectivity index (χ0) is 30.5. The maximum absolute atomic E-state index is 13.1. The molecule has 2 amide bonds. The number of carbonyl (C=O) groups is 2. The Hall–Kier alpha value is -4.38. The highest BCUT2D eigenvalue weighted by molar-refractivity contribution is 7.13. The van der Waals surface area contributed by atoms with Crippen LogP contribution in [-0.4, -0.2) is 29.2 Å². The molecule has 0 aliphatic heterocycles. The molecule has 0 spiro atoms. The summed E-state index contributed by atoms with van der Waals surface area (Å²) in [5.41, 5.74) is 2.19. The number of aromatic nitrogens is 1. The molecular formula is C31H30F3N3O4S. The SMILES string of the molecule is Cc1ccc(C(=O)Nc2ccc(OCCc3csc(NC(=O)OC(C)(C)C)n3)cc2)c(-c2ccc(C(F)(F)F)cc2)c1. The first-order valence-corrected chi connectivity index (χ1v) is 13.9. The number of hydrogen-bond donors (Lipinski definition) is 2. The number of alkyl halides is 3. The van der Waals surface area contributed by atoms with Crippen LogP contribution in [0.25, 0.3) is 11.1 Å². The molecule has 0 fully saturated rings. The van der Waals surface area contributed by atoms with E-state index < -0.39 is 29.3 Å². The predicted molar refractivity (Wildman–Crippen MR) is 157 cm³/mol. The van der Waals surface area contributed by atoms with Gasteiger partial charge in [-0.1, -0.05) is 29.8 Å². The Balaban J connectivity index is 1.33. The number of nitrogens with one attached hydrogen (secondary N) is 2. The maximum Gasteiger partial charge on any atom is 0.416 e. The van der Waals surface area contributed by atoms with Crippen LogP contribution in [0.3, 0.4) is 0 Å². The molecule has 4 rings (SSSR count). The van der Waals surface area contributed by atoms with Gasteiger partial charge >= 0.3 is 12.3 Å². The Morgan fingerprint density at radius 2 is 1.62 bits per heavy atom. The highest BCUT2D eigenvalue weighted by Crippen LogP contribution is 2.32. The van der Waals surface area contributed by atoms with E-state index in [9.17, 15) is 22.8 Å². The van der Waals surface area contributed by atoms with Crippen LogP contribution in [0.2, 0.25) is 0 Å². The van der Waals surface area contributed by atoms with Gasteiger partial charge in [-0.3, -0.25) is 10.1 Å². The van der Waals surface area contributed by atoms with Crippen molar-refractivity contribution in [1.82, 2.24) is 4.98 Å². The lowest BCUT2D eigenvalue weighted by Gasteiger charge is -2.18. The van der Waals surface area contributed by atoms with Gasteiger partial charge in [0.15, 0.2) is 5.13 Å². The van der Waals surface area contributed by atoms with Gasteiger partial charge in [-0.05, 0) is 81.3 Å². The number of halogens is 3. The molecule has 0 atom stereocenters. The molecule has 4 aromatic rings. The van der Waals surface area contributed by atoms with Gasteiger partial charge in [-0.2, -0.15) is 13.2 Å². The third-order valence-corrected chi connectivity index (χ3v) is 6.65. The fourth-order valence-corrected chi connectivity index (χ4v) is 4.64. The number of carbonyl (C=O) groups excluding carboxylic acids is 2. The van der Waals surface area contributed by atoms with E-state index in [4.69, 9.17) is 9.47 Å². The Labute approximate surface area is 245 Å². The van der Waals surface area contributed by atoms with Crippen LogP contribution < -0.4 is 15.4 Å². The summed E-state index contributed by atoms with van der Waals surface area (Å²) in [6.07, 6.45) is -4.48. The summed E-state index contributed by atoms with van der Waals surface area (Å²) in [7, 11) is 0. The first-order chi connectivity index (χ1) is 19.8. The van der Waals surface area contributed by atoms with Crippen molar-refractivity contribution >= 4 is 34.2 Å². The van der Waals surface area contributed by atoms with E-state index in [1.165, 1.54) is 23.5 Å². The summed E-state index contributed by atoms with van der Waals surface area (Å²) in [6.45, 7) is 7.54. The van der Waals surface area contributed by atoms with Crippen molar-refractivity contribution in [2.45, 2.75) is 45.9 Å². The molecule has 0 saturated heterocycles. The molecule has 0 saturated carbocycles. The molecule has 7 nitrogen and oxygen atoms in total. The molecule has 0 aliphatic rings. The number of anilines is 2. The van der Waals surface area contributed by atoms with Crippen LogP contribution in [0.5, 0.6) is 5.75 Å². The summed E-state index contributed by atoms with van der Waals surface area (Å²) >= 11 is 1.29. The molecule has 220 valence electrons. The van der Waals surface area contributed by atoms with Crippen molar-refractivity contribution in [2.75, 3.05) is 17.2 Å². The standard InChI is InChI=1S/C31H30F3N3O4S/c1-19-5-14-25(26(17-19)20-6-8-21(9-7-20)31(32,33)34)27(38)35-22-10-12-24(13-11-22)40-16-15-23-18-42-28(36-23)37-29(39)41-30(2,3)4/h5-14,17-18H,15-16H2,1-4H3,(H,35,38)(H,36,37,39). The zero-order valence-electron chi connectivity index (χ0n) is 23.5. The molecule has 3 aromatic carbocycles. The van der Waals surface area contributed by atoms with Gasteiger partial charge in [-0.25, -0.2) is 9.78 Å². The lowest BCUT2D eigenvalue weighted by atomic mass is 9.96. The summed E-state index contributed by atoms with van der Waals surface area (Å²) in [5.74, 6) is 0.203. The molecular weight excluding hydrogens is 567 g/mol. The first-order valence-electron chi connectivity index (χ1n) is 13.0. The van der Waals surface area contributed by atoms with Crippen LogP contribution in [0.1, 0.15) is 48.0 Å². The molecule has 0 unspecified atom stereocenters. The summed E-state index contributed by atoms with van der Waals surface area (Å²) in [6, 6.07) is 16.8. The van der Waals surface area contributed by atoms with E-state index in [2.05, 4.69) is 15.6 Å². The monoisotopic (exact) mass is 597 g/mol. The molecule has 42 heavy (non-hydrogen) atoms. The largest absolute Gasteiger partial charge is 0.493 e. The number of nitrogens with zero attached hydrogens (tertiary/aromatic N) is 1. The number of benzene rings is 3. The maximum atomic E-state index is 13.1. The topological polar surface area (TPSA) is 89.6 Å². The van der Waals surface area contributed by atoms with Gasteiger partial charge in [0.1, 0.15) is 11.4 Å². The van der Waals surface area contributed by atoms with Gasteiger partial charge in [0.25, 0.3) is 5.91 Å². The van der Waals surface area contributed by atoms with E-state index in [0.717, 1.165) is 23.4 Å². The number of rotatable bonds is 8. The third-order valence-electron chi connectivity index (χ3n) is 5.84. The molecule has 1 heterocycles. The van der Waals surface area contributed by atoms with E-state index in [1.807, 2.05) is 12.3 Å². The van der Waals surface area contributed by atoms with Crippen molar-refractivity contribution in [3.05, 3.63) is 94.5 Å². The number of amides is 2. The Bertz CT molecular complexity index is 1540. The van der Waals surface area contributed by atoms with Crippen LogP contribution in [0, 0.1) is 6.92 Å². The Morgan fingerprint density at radius 3 is 2.26 bits per heavy atom. The lowest BCUT2D eigenvalue weighted by Crippen LogP contribution is -2.27. The average molecular weight is 598 g/mol. The first kappa shape index (κ1) is 30.6. The minimum Gasteiger partial charge on any atom is -0.493 e. The van der Waals surface area contributed by atoms with Gasteiger partial charge < -0.3 is 14.8 Å². The number of hydrogen-bond acceptors (Lipinski definition) is 6. The van der Waals surface area contributed by atoms with Crippen LogP contribution in [-0.2, 0) is 17.3 Å². The second-order valence-electron chi connectivity index (χ2n) is 10.5. The average Bonchev–Trinajstić information content (AvgIpc) is 3.34. The van der Waals surface area contributed by atoms with Crippen LogP contribution in [0.15, 0.2) is 72.1 Å². The van der Waals surface area contributed by atoms with Crippen LogP contribution >= 0.6 is 11.3 Å². The quantitative estimate of drug-likeness (QED) is 0.213. The molecule has 2 N–H and O–H groups in total. The fraction of sp³-hybridized carbons (Fsp3) is 0.258. The summed E-state index contributed by atoms with van der Waals surface area (Å²) in [4.78, 5) is 29.4. The normalized spacial score (nSPS) is 11.6. The zero-order valence-corrected chi connectivity index (χ0v) is 24.3. The van der Waals surface area contributed by atoms with Crippen molar-refractivity contribution in [2.24, 2.45) is 0 Å². The van der Waals surface area contributed by atoms with E-state index in [-0.39, 0.29) is 0 Å². The second-order valence-corrected chi connectivity index (χ2v) is 11.3. The van der Waals surface area contributed by atoms with Gasteiger partial charge in [0.05, 0.1) is 17.9 Å². The van der Waals surface area contributed by atoms with Gasteiger partial charge in [0, 0.05) is 23.1 Å². The minimum absolute atomic E-state index is 0.337. The van der Waals surface area contributed by atoms with Crippen LogP contribution in [0.4, 0.5) is 28.8 Å². The predicted octanol–water partition coefficient (Wildman–Crippen LogP) is 8.36. The van der Waals surface area contributed by atoms with E-state index in [0.29, 0.717) is 46.3 Å².